The van der Waals surface area contributed by atoms with Gasteiger partial charge in [-0.15, -0.1) is 0 Å². The lowest BCUT2D eigenvalue weighted by atomic mass is 10.1. The molecule has 3 rings (SSSR count). The third kappa shape index (κ3) is 3.49. The molecule has 2 aromatic carbocycles. The number of hydrogen-bond acceptors (Lipinski definition) is 2. The maximum Gasteiger partial charge on any atom is 0.349 e. The average molecular weight is 392 g/mol. The molecule has 0 aliphatic carbocycles. The number of fused-ring (bicyclic) bond motifs is 1. The normalized spacial score (nSPS) is 12.1. The number of benzene rings is 2. The zero-order valence-corrected chi connectivity index (χ0v) is 14.8. The van der Waals surface area contributed by atoms with Gasteiger partial charge in [0.2, 0.25) is 5.78 Å². The lowest BCUT2D eigenvalue weighted by Crippen LogP contribution is -2.05. The highest BCUT2D eigenvalue weighted by Crippen LogP contribution is 2.28. The zero-order valence-electron chi connectivity index (χ0n) is 13.2. The Kier molecular flexibility index (Phi) is 5.11. The standard InChI is InChI=1S/C19H12Cl2FNO3/c20-16(17(21)19(25)26)18(24)14-10-23(9-11-4-2-1-3-5-11)15-7-6-12(22)8-13(14)15/h1-8,10H,9H2,(H,25,26). The smallest absolute Gasteiger partial charge is 0.349 e. The van der Waals surface area contributed by atoms with Gasteiger partial charge >= 0.3 is 5.97 Å². The van der Waals surface area contributed by atoms with Crippen LogP contribution in [0.25, 0.3) is 10.9 Å². The number of Topliss-reactive ketones (excluding diaryl/α,β-unsaturated/α-hetero) is 1. The molecule has 0 fully saturated rings. The second-order valence-corrected chi connectivity index (χ2v) is 6.34. The van der Waals surface area contributed by atoms with Crippen LogP contribution in [0.5, 0.6) is 0 Å². The number of carbonyl (C=O) groups is 2. The molecule has 0 aliphatic rings. The molecule has 132 valence electrons. The first kappa shape index (κ1) is 18.2. The first-order valence-corrected chi connectivity index (χ1v) is 8.29. The predicted molar refractivity (Wildman–Crippen MR) is 98.1 cm³/mol. The van der Waals surface area contributed by atoms with Crippen molar-refractivity contribution in [2.24, 2.45) is 0 Å². The first-order chi connectivity index (χ1) is 12.4. The molecule has 0 amide bonds. The van der Waals surface area contributed by atoms with Crippen molar-refractivity contribution in [2.75, 3.05) is 0 Å². The molecule has 0 aliphatic heterocycles. The number of aromatic nitrogens is 1. The van der Waals surface area contributed by atoms with Gasteiger partial charge < -0.3 is 9.67 Å². The SMILES string of the molecule is O=C(O)C(Cl)=C(Cl)C(=O)c1cn(Cc2ccccc2)c2ccc(F)cc12. The molecule has 1 aromatic heterocycles. The van der Waals surface area contributed by atoms with Gasteiger partial charge in [-0.3, -0.25) is 4.79 Å². The van der Waals surface area contributed by atoms with Gasteiger partial charge in [-0.05, 0) is 23.8 Å². The Labute approximate surface area is 158 Å². The summed E-state index contributed by atoms with van der Waals surface area (Å²) in [5.41, 5.74) is 1.69. The van der Waals surface area contributed by atoms with Crippen LogP contribution in [0, 0.1) is 5.82 Å². The molecule has 0 saturated heterocycles. The van der Waals surface area contributed by atoms with Crippen molar-refractivity contribution in [3.05, 3.63) is 81.7 Å². The van der Waals surface area contributed by atoms with Crippen molar-refractivity contribution >= 4 is 45.9 Å². The van der Waals surface area contributed by atoms with Gasteiger partial charge in [-0.2, -0.15) is 0 Å². The highest BCUT2D eigenvalue weighted by Gasteiger charge is 2.23. The van der Waals surface area contributed by atoms with E-state index in [-0.39, 0.29) is 5.56 Å². The summed E-state index contributed by atoms with van der Waals surface area (Å²) in [6.45, 7) is 0.449. The number of carboxylic acid groups (broad SMARTS) is 1. The topological polar surface area (TPSA) is 59.3 Å². The van der Waals surface area contributed by atoms with E-state index in [2.05, 4.69) is 0 Å². The molecule has 7 heteroatoms. The predicted octanol–water partition coefficient (Wildman–Crippen LogP) is 4.79. The number of aliphatic carboxylic acids is 1. The quantitative estimate of drug-likeness (QED) is 0.502. The van der Waals surface area contributed by atoms with Crippen LogP contribution in [0.1, 0.15) is 15.9 Å². The van der Waals surface area contributed by atoms with Gasteiger partial charge in [0.25, 0.3) is 0 Å². The van der Waals surface area contributed by atoms with Crippen LogP contribution < -0.4 is 0 Å². The Morgan fingerprint density at radius 1 is 1.04 bits per heavy atom. The maximum absolute atomic E-state index is 13.7. The summed E-state index contributed by atoms with van der Waals surface area (Å²) in [7, 11) is 0. The van der Waals surface area contributed by atoms with E-state index < -0.39 is 27.6 Å². The molecule has 0 spiro atoms. The minimum absolute atomic E-state index is 0.0832. The summed E-state index contributed by atoms with van der Waals surface area (Å²) < 4.78 is 15.5. The molecule has 4 nitrogen and oxygen atoms in total. The molecule has 1 heterocycles. The van der Waals surface area contributed by atoms with Crippen LogP contribution in [0.2, 0.25) is 0 Å². The van der Waals surface area contributed by atoms with Gasteiger partial charge in [0.15, 0.2) is 0 Å². The van der Waals surface area contributed by atoms with E-state index in [9.17, 15) is 14.0 Å². The molecule has 0 atom stereocenters. The van der Waals surface area contributed by atoms with E-state index >= 15 is 0 Å². The van der Waals surface area contributed by atoms with E-state index in [0.717, 1.165) is 5.56 Å². The van der Waals surface area contributed by atoms with Crippen molar-refractivity contribution < 1.29 is 19.1 Å². The van der Waals surface area contributed by atoms with E-state index in [4.69, 9.17) is 28.3 Å². The van der Waals surface area contributed by atoms with Crippen LogP contribution >= 0.6 is 23.2 Å². The van der Waals surface area contributed by atoms with Gasteiger partial charge in [-0.1, -0.05) is 53.5 Å². The van der Waals surface area contributed by atoms with Gasteiger partial charge in [-0.25, -0.2) is 9.18 Å². The monoisotopic (exact) mass is 391 g/mol. The molecule has 0 unspecified atom stereocenters. The molecule has 1 N–H and O–H groups in total. The summed E-state index contributed by atoms with van der Waals surface area (Å²) in [6.07, 6.45) is 1.52. The highest BCUT2D eigenvalue weighted by atomic mass is 35.5. The van der Waals surface area contributed by atoms with E-state index in [0.29, 0.717) is 17.4 Å². The summed E-state index contributed by atoms with van der Waals surface area (Å²) in [5, 5.41) is 7.84. The molecule has 3 aromatic rings. The third-order valence-electron chi connectivity index (χ3n) is 3.86. The zero-order chi connectivity index (χ0) is 18.8. The number of nitrogens with zero attached hydrogens (tertiary/aromatic N) is 1. The fraction of sp³-hybridized carbons (Fsp3) is 0.0526. The summed E-state index contributed by atoms with van der Waals surface area (Å²) in [4.78, 5) is 23.6. The summed E-state index contributed by atoms with van der Waals surface area (Å²) in [5.74, 6) is -2.81. The molecular formula is C19H12Cl2FNO3. The lowest BCUT2D eigenvalue weighted by molar-refractivity contribution is -0.131. The molecule has 26 heavy (non-hydrogen) atoms. The van der Waals surface area contributed by atoms with Crippen molar-refractivity contribution in [2.45, 2.75) is 6.54 Å². The van der Waals surface area contributed by atoms with Crippen LogP contribution in [0.4, 0.5) is 4.39 Å². The third-order valence-corrected chi connectivity index (χ3v) is 4.67. The molecule has 0 radical (unpaired) electrons. The van der Waals surface area contributed by atoms with Gasteiger partial charge in [0, 0.05) is 29.2 Å². The number of hydrogen-bond donors (Lipinski definition) is 1. The van der Waals surface area contributed by atoms with Crippen LogP contribution in [0.15, 0.2) is 64.8 Å². The minimum atomic E-state index is -1.51. The summed E-state index contributed by atoms with van der Waals surface area (Å²) in [6, 6.07) is 13.6. The van der Waals surface area contributed by atoms with Crippen LogP contribution in [-0.2, 0) is 11.3 Å². The summed E-state index contributed by atoms with van der Waals surface area (Å²) >= 11 is 11.4. The number of carboxylic acids is 1. The number of carbonyl (C=O) groups excluding carboxylic acids is 1. The largest absolute Gasteiger partial charge is 0.477 e. The number of halogens is 3. The van der Waals surface area contributed by atoms with Crippen LogP contribution in [-0.4, -0.2) is 21.4 Å². The Morgan fingerprint density at radius 2 is 1.73 bits per heavy atom. The Bertz CT molecular complexity index is 1040. The fourth-order valence-corrected chi connectivity index (χ4v) is 2.94. The van der Waals surface area contributed by atoms with Gasteiger partial charge in [0.05, 0.1) is 0 Å². The number of ketones is 1. The maximum atomic E-state index is 13.7. The average Bonchev–Trinajstić information content (AvgIpc) is 2.98. The van der Waals surface area contributed by atoms with Crippen molar-refractivity contribution in [3.8, 4) is 0 Å². The highest BCUT2D eigenvalue weighted by molar-refractivity contribution is 6.55. The second-order valence-electron chi connectivity index (χ2n) is 5.58. The lowest BCUT2D eigenvalue weighted by Gasteiger charge is -2.05. The minimum Gasteiger partial charge on any atom is -0.477 e. The fourth-order valence-electron chi connectivity index (χ4n) is 2.67. The number of rotatable bonds is 5. The van der Waals surface area contributed by atoms with Crippen molar-refractivity contribution in [3.63, 3.8) is 0 Å². The molecule has 0 bridgehead atoms. The van der Waals surface area contributed by atoms with E-state index in [1.54, 1.807) is 10.6 Å². The van der Waals surface area contributed by atoms with E-state index in [1.165, 1.54) is 18.3 Å². The first-order valence-electron chi connectivity index (χ1n) is 7.54. The molecular weight excluding hydrogens is 380 g/mol. The van der Waals surface area contributed by atoms with Crippen molar-refractivity contribution in [1.82, 2.24) is 4.57 Å². The Morgan fingerprint density at radius 3 is 2.38 bits per heavy atom. The van der Waals surface area contributed by atoms with Crippen molar-refractivity contribution in [1.29, 1.82) is 0 Å². The molecule has 0 saturated carbocycles. The van der Waals surface area contributed by atoms with Crippen LogP contribution in [0.3, 0.4) is 0 Å². The second kappa shape index (κ2) is 7.32. The van der Waals surface area contributed by atoms with Gasteiger partial charge in [0.1, 0.15) is 15.9 Å². The van der Waals surface area contributed by atoms with E-state index in [1.807, 2.05) is 30.3 Å². The number of allylic oxidation sites excluding steroid dienone is 1. The Balaban J connectivity index is 2.14. The Hall–Kier alpha value is -2.63.